The predicted octanol–water partition coefficient (Wildman–Crippen LogP) is 2.54. The van der Waals surface area contributed by atoms with Crippen molar-refractivity contribution in [2.24, 2.45) is 0 Å². The molecule has 0 saturated heterocycles. The van der Waals surface area contributed by atoms with E-state index in [-0.39, 0.29) is 11.7 Å². The minimum atomic E-state index is -0.112. The highest BCUT2D eigenvalue weighted by Crippen LogP contribution is 2.22. The van der Waals surface area contributed by atoms with E-state index in [1.165, 1.54) is 0 Å². The van der Waals surface area contributed by atoms with Gasteiger partial charge in [-0.05, 0) is 17.7 Å². The van der Waals surface area contributed by atoms with Crippen molar-refractivity contribution in [3.63, 3.8) is 0 Å². The Morgan fingerprint density at radius 2 is 2.07 bits per heavy atom. The molecule has 1 rings (SSSR count). The first-order valence-corrected chi connectivity index (χ1v) is 5.34. The van der Waals surface area contributed by atoms with Gasteiger partial charge in [-0.3, -0.25) is 4.79 Å². The van der Waals surface area contributed by atoms with E-state index in [9.17, 15) is 4.79 Å². The number of amides is 1. The van der Waals surface area contributed by atoms with Gasteiger partial charge in [0.05, 0.1) is 15.8 Å². The van der Waals surface area contributed by atoms with Gasteiger partial charge in [-0.25, -0.2) is 0 Å². The SMILES string of the molecule is O=C(CS)NCc1ccc(Cl)c(Cl)c1. The van der Waals surface area contributed by atoms with Gasteiger partial charge in [-0.2, -0.15) is 12.6 Å². The van der Waals surface area contributed by atoms with Crippen molar-refractivity contribution in [2.45, 2.75) is 6.54 Å². The summed E-state index contributed by atoms with van der Waals surface area (Å²) in [5.74, 6) is 0.0702. The minimum Gasteiger partial charge on any atom is -0.351 e. The third kappa shape index (κ3) is 3.40. The Kier molecular flexibility index (Phi) is 4.58. The van der Waals surface area contributed by atoms with Crippen LogP contribution in [0.25, 0.3) is 0 Å². The number of hydrogen-bond acceptors (Lipinski definition) is 2. The summed E-state index contributed by atoms with van der Waals surface area (Å²) in [6, 6.07) is 5.24. The summed E-state index contributed by atoms with van der Waals surface area (Å²) in [5, 5.41) is 3.68. The van der Waals surface area contributed by atoms with E-state index in [0.717, 1.165) is 5.56 Å². The van der Waals surface area contributed by atoms with E-state index < -0.39 is 0 Å². The lowest BCUT2D eigenvalue weighted by molar-refractivity contribution is -0.118. The molecule has 0 heterocycles. The van der Waals surface area contributed by atoms with E-state index in [4.69, 9.17) is 23.2 Å². The average molecular weight is 250 g/mol. The Morgan fingerprint density at radius 1 is 1.36 bits per heavy atom. The molecule has 0 fully saturated rings. The molecule has 0 bridgehead atoms. The van der Waals surface area contributed by atoms with Crippen molar-refractivity contribution in [3.8, 4) is 0 Å². The zero-order valence-electron chi connectivity index (χ0n) is 7.26. The van der Waals surface area contributed by atoms with Crippen LogP contribution in [-0.4, -0.2) is 11.7 Å². The first-order chi connectivity index (χ1) is 6.63. The van der Waals surface area contributed by atoms with Gasteiger partial charge in [0.2, 0.25) is 5.91 Å². The lowest BCUT2D eigenvalue weighted by Gasteiger charge is -2.04. The maximum absolute atomic E-state index is 10.9. The largest absolute Gasteiger partial charge is 0.351 e. The molecule has 0 aliphatic heterocycles. The van der Waals surface area contributed by atoms with Crippen LogP contribution in [0, 0.1) is 0 Å². The van der Waals surface area contributed by atoms with Crippen molar-refractivity contribution >= 4 is 41.7 Å². The van der Waals surface area contributed by atoms with Crippen molar-refractivity contribution in [1.29, 1.82) is 0 Å². The summed E-state index contributed by atoms with van der Waals surface area (Å²) in [6.07, 6.45) is 0. The fourth-order valence-corrected chi connectivity index (χ4v) is 1.34. The van der Waals surface area contributed by atoms with Crippen LogP contribution in [0.3, 0.4) is 0 Å². The molecule has 2 nitrogen and oxygen atoms in total. The number of benzene rings is 1. The highest BCUT2D eigenvalue weighted by Gasteiger charge is 2.01. The summed E-state index contributed by atoms with van der Waals surface area (Å²) in [5.41, 5.74) is 0.912. The Hall–Kier alpha value is -0.380. The van der Waals surface area contributed by atoms with Crippen LogP contribution in [-0.2, 0) is 11.3 Å². The van der Waals surface area contributed by atoms with E-state index >= 15 is 0 Å². The minimum absolute atomic E-state index is 0.112. The van der Waals surface area contributed by atoms with E-state index in [1.54, 1.807) is 12.1 Å². The van der Waals surface area contributed by atoms with Gasteiger partial charge < -0.3 is 5.32 Å². The third-order valence-electron chi connectivity index (χ3n) is 1.62. The molecule has 5 heteroatoms. The van der Waals surface area contributed by atoms with Gasteiger partial charge >= 0.3 is 0 Å². The van der Waals surface area contributed by atoms with Crippen LogP contribution < -0.4 is 5.32 Å². The fraction of sp³-hybridized carbons (Fsp3) is 0.222. The van der Waals surface area contributed by atoms with E-state index in [2.05, 4.69) is 17.9 Å². The summed E-state index contributed by atoms with van der Waals surface area (Å²) in [6.45, 7) is 0.441. The van der Waals surface area contributed by atoms with Crippen molar-refractivity contribution in [2.75, 3.05) is 5.75 Å². The van der Waals surface area contributed by atoms with Gasteiger partial charge in [-0.1, -0.05) is 29.3 Å². The highest BCUT2D eigenvalue weighted by atomic mass is 35.5. The Labute approximate surface area is 98.0 Å². The molecular weight excluding hydrogens is 241 g/mol. The summed E-state index contributed by atoms with van der Waals surface area (Å²) < 4.78 is 0. The summed E-state index contributed by atoms with van der Waals surface area (Å²) in [7, 11) is 0. The van der Waals surface area contributed by atoms with Gasteiger partial charge in [0.15, 0.2) is 0 Å². The second kappa shape index (κ2) is 5.49. The molecule has 1 amide bonds. The molecule has 0 radical (unpaired) electrons. The molecule has 0 saturated carbocycles. The maximum Gasteiger partial charge on any atom is 0.229 e. The van der Waals surface area contributed by atoms with Crippen molar-refractivity contribution < 1.29 is 4.79 Å². The van der Waals surface area contributed by atoms with E-state index in [1.807, 2.05) is 6.07 Å². The number of rotatable bonds is 3. The second-order valence-corrected chi connectivity index (χ2v) is 3.81. The van der Waals surface area contributed by atoms with Crippen LogP contribution in [0.1, 0.15) is 5.56 Å². The summed E-state index contributed by atoms with van der Waals surface area (Å²) >= 11 is 15.4. The van der Waals surface area contributed by atoms with E-state index in [0.29, 0.717) is 16.6 Å². The molecule has 14 heavy (non-hydrogen) atoms. The molecular formula is C9H9Cl2NOS. The molecule has 0 aliphatic rings. The second-order valence-electron chi connectivity index (χ2n) is 2.68. The quantitative estimate of drug-likeness (QED) is 0.793. The zero-order chi connectivity index (χ0) is 10.6. The lowest BCUT2D eigenvalue weighted by Crippen LogP contribution is -2.23. The van der Waals surface area contributed by atoms with Crippen LogP contribution in [0.4, 0.5) is 0 Å². The molecule has 1 N–H and O–H groups in total. The lowest BCUT2D eigenvalue weighted by atomic mass is 10.2. The monoisotopic (exact) mass is 249 g/mol. The van der Waals surface area contributed by atoms with Crippen LogP contribution >= 0.6 is 35.8 Å². The van der Waals surface area contributed by atoms with Crippen molar-refractivity contribution in [1.82, 2.24) is 5.32 Å². The first-order valence-electron chi connectivity index (χ1n) is 3.95. The molecule has 0 atom stereocenters. The van der Waals surface area contributed by atoms with Crippen LogP contribution in [0.2, 0.25) is 10.0 Å². The Balaban J connectivity index is 2.60. The Morgan fingerprint density at radius 3 is 2.64 bits per heavy atom. The first kappa shape index (κ1) is 11.7. The smallest absolute Gasteiger partial charge is 0.229 e. The average Bonchev–Trinajstić information content (AvgIpc) is 2.19. The maximum atomic E-state index is 10.9. The molecule has 0 spiro atoms. The normalized spacial score (nSPS) is 9.93. The summed E-state index contributed by atoms with van der Waals surface area (Å²) in [4.78, 5) is 10.9. The third-order valence-corrected chi connectivity index (χ3v) is 2.64. The molecule has 1 aromatic carbocycles. The van der Waals surface area contributed by atoms with Gasteiger partial charge in [0, 0.05) is 6.54 Å². The number of carbonyl (C=O) groups excluding carboxylic acids is 1. The van der Waals surface area contributed by atoms with Crippen molar-refractivity contribution in [3.05, 3.63) is 33.8 Å². The molecule has 0 aromatic heterocycles. The van der Waals surface area contributed by atoms with Gasteiger partial charge in [-0.15, -0.1) is 0 Å². The molecule has 0 aliphatic carbocycles. The Bertz CT molecular complexity index is 344. The van der Waals surface area contributed by atoms with Crippen LogP contribution in [0.15, 0.2) is 18.2 Å². The number of nitrogens with one attached hydrogen (secondary N) is 1. The topological polar surface area (TPSA) is 29.1 Å². The highest BCUT2D eigenvalue weighted by molar-refractivity contribution is 7.81. The number of thiol groups is 1. The fourth-order valence-electron chi connectivity index (χ4n) is 0.906. The van der Waals surface area contributed by atoms with Crippen LogP contribution in [0.5, 0.6) is 0 Å². The zero-order valence-corrected chi connectivity index (χ0v) is 9.66. The standard InChI is InChI=1S/C9H9Cl2NOS/c10-7-2-1-6(3-8(7)11)4-12-9(13)5-14/h1-3,14H,4-5H2,(H,12,13). The van der Waals surface area contributed by atoms with Gasteiger partial charge in [0.25, 0.3) is 0 Å². The number of hydrogen-bond donors (Lipinski definition) is 2. The molecule has 1 aromatic rings. The van der Waals surface area contributed by atoms with Gasteiger partial charge in [0.1, 0.15) is 0 Å². The number of halogens is 2. The predicted molar refractivity (Wildman–Crippen MR) is 62.2 cm³/mol. The number of carbonyl (C=O) groups is 1. The molecule has 0 unspecified atom stereocenters. The molecule has 76 valence electrons.